The highest BCUT2D eigenvalue weighted by Crippen LogP contribution is 2.69. The molecule has 0 aromatic heterocycles. The van der Waals surface area contributed by atoms with Gasteiger partial charge in [-0.3, -0.25) is 4.79 Å². The Labute approximate surface area is 177 Å². The minimum absolute atomic E-state index is 0.227. The van der Waals surface area contributed by atoms with E-state index in [2.05, 4.69) is 33.8 Å². The summed E-state index contributed by atoms with van der Waals surface area (Å²) in [5, 5.41) is 20.7. The van der Waals surface area contributed by atoms with E-state index in [4.69, 9.17) is 5.26 Å². The van der Waals surface area contributed by atoms with Crippen LogP contribution in [-0.2, 0) is 4.79 Å². The Hall–Kier alpha value is -0.880. The second kappa shape index (κ2) is 7.67. The molecule has 29 heavy (non-hydrogen) atoms. The molecule has 1 N–H and O–H groups in total. The average molecular weight is 400 g/mol. The zero-order valence-corrected chi connectivity index (χ0v) is 19.0. The molecule has 0 aromatic carbocycles. The summed E-state index contributed by atoms with van der Waals surface area (Å²) in [5.41, 5.74) is 0.535. The number of nitrogens with zero attached hydrogens (tertiary/aromatic N) is 1. The molecule has 3 nitrogen and oxygen atoms in total. The van der Waals surface area contributed by atoms with Gasteiger partial charge < -0.3 is 5.11 Å². The lowest BCUT2D eigenvalue weighted by Gasteiger charge is -2.64. The molecule has 3 heteroatoms. The number of Topliss-reactive ketones (excluding diaryl/α,β-unsaturated/α-hetero) is 1. The standard InChI is InChI=1S/C26H41NO2/c1-5-18-22-15-17(28)10-12-26(22,4)21-11-13-25(3)19(16(2)7-6-14-27)8-9-20(25)23(21)24(18)29/h16,18-24,29H,5-13,15H2,1-4H3/t16-,18+,19?,20?,21?,22+,23?,24?,25-,26-/m1/s1. The van der Waals surface area contributed by atoms with Crippen LogP contribution in [0.25, 0.3) is 0 Å². The zero-order valence-electron chi connectivity index (χ0n) is 19.0. The topological polar surface area (TPSA) is 61.1 Å². The Morgan fingerprint density at radius 3 is 2.55 bits per heavy atom. The molecule has 4 aliphatic carbocycles. The maximum atomic E-state index is 12.3. The maximum Gasteiger partial charge on any atom is 0.133 e. The van der Waals surface area contributed by atoms with Crippen molar-refractivity contribution in [3.63, 3.8) is 0 Å². The number of ketones is 1. The van der Waals surface area contributed by atoms with Gasteiger partial charge in [-0.15, -0.1) is 0 Å². The quantitative estimate of drug-likeness (QED) is 0.653. The van der Waals surface area contributed by atoms with E-state index in [1.807, 2.05) is 0 Å². The second-order valence-electron chi connectivity index (χ2n) is 11.6. The summed E-state index contributed by atoms with van der Waals surface area (Å²) in [7, 11) is 0. The zero-order chi connectivity index (χ0) is 21.0. The molecule has 0 saturated heterocycles. The maximum absolute atomic E-state index is 12.3. The average Bonchev–Trinajstić information content (AvgIpc) is 3.05. The van der Waals surface area contributed by atoms with Gasteiger partial charge in [-0.1, -0.05) is 34.1 Å². The van der Waals surface area contributed by atoms with Crippen molar-refractivity contribution in [1.82, 2.24) is 0 Å². The Morgan fingerprint density at radius 1 is 1.14 bits per heavy atom. The van der Waals surface area contributed by atoms with Crippen LogP contribution in [0.15, 0.2) is 0 Å². The molecule has 0 heterocycles. The predicted molar refractivity (Wildman–Crippen MR) is 115 cm³/mol. The van der Waals surface area contributed by atoms with Crippen LogP contribution in [0.3, 0.4) is 0 Å². The highest BCUT2D eigenvalue weighted by Gasteiger charge is 2.64. The molecule has 0 bridgehead atoms. The van der Waals surface area contributed by atoms with Crippen LogP contribution < -0.4 is 0 Å². The number of carbonyl (C=O) groups excluding carboxylic acids is 1. The molecule has 0 aromatic rings. The summed E-state index contributed by atoms with van der Waals surface area (Å²) in [4.78, 5) is 12.3. The third kappa shape index (κ3) is 3.12. The third-order valence-electron chi connectivity index (χ3n) is 10.7. The van der Waals surface area contributed by atoms with Crippen molar-refractivity contribution in [1.29, 1.82) is 5.26 Å². The lowest BCUT2D eigenvalue weighted by Crippen LogP contribution is -2.61. The number of aliphatic hydroxyl groups is 1. The van der Waals surface area contributed by atoms with Crippen LogP contribution >= 0.6 is 0 Å². The summed E-state index contributed by atoms with van der Waals surface area (Å²) < 4.78 is 0. The summed E-state index contributed by atoms with van der Waals surface area (Å²) in [6.07, 6.45) is 9.89. The van der Waals surface area contributed by atoms with E-state index in [-0.39, 0.29) is 17.4 Å². The minimum Gasteiger partial charge on any atom is -0.393 e. The molecule has 0 amide bonds. The molecular formula is C26H41NO2. The summed E-state index contributed by atoms with van der Waals surface area (Å²) in [5.74, 6) is 3.95. The van der Waals surface area contributed by atoms with Crippen LogP contribution in [0.1, 0.15) is 91.9 Å². The van der Waals surface area contributed by atoms with Crippen LogP contribution in [0.5, 0.6) is 0 Å². The van der Waals surface area contributed by atoms with Crippen LogP contribution in [0, 0.1) is 63.6 Å². The van der Waals surface area contributed by atoms with Gasteiger partial charge in [0.25, 0.3) is 0 Å². The Balaban J connectivity index is 1.65. The molecule has 10 atom stereocenters. The van der Waals surface area contributed by atoms with Crippen molar-refractivity contribution in [2.75, 3.05) is 0 Å². The van der Waals surface area contributed by atoms with Crippen molar-refractivity contribution >= 4 is 5.78 Å². The van der Waals surface area contributed by atoms with E-state index in [0.717, 1.165) is 25.7 Å². The monoisotopic (exact) mass is 399 g/mol. The molecule has 4 fully saturated rings. The van der Waals surface area contributed by atoms with E-state index in [1.165, 1.54) is 25.7 Å². The molecule has 4 saturated carbocycles. The van der Waals surface area contributed by atoms with Crippen LogP contribution in [0.2, 0.25) is 0 Å². The minimum atomic E-state index is -0.244. The summed E-state index contributed by atoms with van der Waals surface area (Å²) >= 11 is 0. The number of fused-ring (bicyclic) bond motifs is 5. The van der Waals surface area contributed by atoms with Gasteiger partial charge in [-0.05, 0) is 90.8 Å². The van der Waals surface area contributed by atoms with Crippen molar-refractivity contribution in [2.24, 2.45) is 52.3 Å². The molecule has 0 aliphatic heterocycles. The van der Waals surface area contributed by atoms with Crippen LogP contribution in [0.4, 0.5) is 0 Å². The number of hydrogen-bond acceptors (Lipinski definition) is 3. The van der Waals surface area contributed by atoms with Gasteiger partial charge in [0.05, 0.1) is 12.2 Å². The van der Waals surface area contributed by atoms with E-state index in [1.54, 1.807) is 0 Å². The first-order valence-electron chi connectivity index (χ1n) is 12.3. The smallest absolute Gasteiger partial charge is 0.133 e. The first-order valence-corrected chi connectivity index (χ1v) is 12.3. The third-order valence-corrected chi connectivity index (χ3v) is 10.7. The van der Waals surface area contributed by atoms with Gasteiger partial charge in [0, 0.05) is 19.3 Å². The Bertz CT molecular complexity index is 683. The van der Waals surface area contributed by atoms with Crippen molar-refractivity contribution in [3.8, 4) is 6.07 Å². The summed E-state index contributed by atoms with van der Waals surface area (Å²) in [6.45, 7) is 9.57. The first-order chi connectivity index (χ1) is 13.8. The number of hydrogen-bond donors (Lipinski definition) is 1. The van der Waals surface area contributed by atoms with Gasteiger partial charge >= 0.3 is 0 Å². The lowest BCUT2D eigenvalue weighted by atomic mass is 9.41. The van der Waals surface area contributed by atoms with E-state index in [0.29, 0.717) is 59.5 Å². The van der Waals surface area contributed by atoms with Gasteiger partial charge in [-0.2, -0.15) is 5.26 Å². The highest BCUT2D eigenvalue weighted by molar-refractivity contribution is 5.79. The van der Waals surface area contributed by atoms with E-state index >= 15 is 0 Å². The lowest BCUT2D eigenvalue weighted by molar-refractivity contribution is -0.194. The van der Waals surface area contributed by atoms with Crippen molar-refractivity contribution < 1.29 is 9.90 Å². The van der Waals surface area contributed by atoms with E-state index < -0.39 is 0 Å². The fourth-order valence-electron chi connectivity index (χ4n) is 9.23. The molecule has 0 spiro atoms. The van der Waals surface area contributed by atoms with Gasteiger partial charge in [0.2, 0.25) is 0 Å². The molecular weight excluding hydrogens is 358 g/mol. The van der Waals surface area contributed by atoms with Crippen LogP contribution in [-0.4, -0.2) is 17.0 Å². The van der Waals surface area contributed by atoms with Gasteiger partial charge in [-0.25, -0.2) is 0 Å². The Kier molecular flexibility index (Phi) is 5.65. The predicted octanol–water partition coefficient (Wildman–Crippen LogP) is 5.76. The van der Waals surface area contributed by atoms with Gasteiger partial charge in [0.1, 0.15) is 5.78 Å². The number of nitriles is 1. The SMILES string of the molecule is CC[C@@H]1C(O)C2C3CCC([C@H](C)CCC#N)[C@@]3(C)CCC2[C@@]2(C)CCC(=O)C[C@@H]12. The molecule has 4 aliphatic rings. The first kappa shape index (κ1) is 21.4. The molecule has 4 rings (SSSR count). The molecule has 162 valence electrons. The molecule has 0 radical (unpaired) electrons. The number of aliphatic hydroxyl groups excluding tert-OH is 1. The number of rotatable bonds is 4. The fourth-order valence-corrected chi connectivity index (χ4v) is 9.23. The summed E-state index contributed by atoms with van der Waals surface area (Å²) in [6, 6.07) is 2.34. The molecule has 5 unspecified atom stereocenters. The van der Waals surface area contributed by atoms with Crippen molar-refractivity contribution in [2.45, 2.75) is 98.0 Å². The van der Waals surface area contributed by atoms with E-state index in [9.17, 15) is 9.90 Å². The highest BCUT2D eigenvalue weighted by atomic mass is 16.3. The van der Waals surface area contributed by atoms with Crippen molar-refractivity contribution in [3.05, 3.63) is 0 Å². The largest absolute Gasteiger partial charge is 0.393 e. The second-order valence-corrected chi connectivity index (χ2v) is 11.6. The Morgan fingerprint density at radius 2 is 1.86 bits per heavy atom. The van der Waals surface area contributed by atoms with Gasteiger partial charge in [0.15, 0.2) is 0 Å². The normalized spacial score (nSPS) is 50.2. The fraction of sp³-hybridized carbons (Fsp3) is 0.923. The number of carbonyl (C=O) groups is 1.